The normalized spacial score (nSPS) is 17.8. The molecule has 2 rings (SSSR count). The summed E-state index contributed by atoms with van der Waals surface area (Å²) in [4.78, 5) is 16.1. The van der Waals surface area contributed by atoms with Crippen LogP contribution in [0.3, 0.4) is 0 Å². The van der Waals surface area contributed by atoms with E-state index in [1.165, 1.54) is 0 Å². The molecule has 104 valence electrons. The summed E-state index contributed by atoms with van der Waals surface area (Å²) in [7, 11) is 1.55. The van der Waals surface area contributed by atoms with Gasteiger partial charge in [0.1, 0.15) is 11.4 Å². The molecule has 1 aromatic heterocycles. The minimum absolute atomic E-state index is 0.163. The molecule has 3 N–H and O–H groups in total. The fraction of sp³-hybridized carbons (Fsp3) is 0.538. The van der Waals surface area contributed by atoms with Crippen LogP contribution in [0, 0.1) is 5.92 Å². The summed E-state index contributed by atoms with van der Waals surface area (Å²) in [6.45, 7) is 1.34. The zero-order valence-electron chi connectivity index (χ0n) is 11.0. The molecule has 1 fully saturated rings. The Morgan fingerprint density at radius 3 is 3.00 bits per heavy atom. The third-order valence-corrected chi connectivity index (χ3v) is 3.34. The minimum Gasteiger partial charge on any atom is -0.494 e. The molecule has 0 bridgehead atoms. The first-order valence-electron chi connectivity index (χ1n) is 6.34. The van der Waals surface area contributed by atoms with Crippen LogP contribution in [0.5, 0.6) is 5.75 Å². The molecule has 0 aromatic carbocycles. The first-order chi connectivity index (χ1) is 9.22. The lowest BCUT2D eigenvalue weighted by Crippen LogP contribution is -2.44. The molecule has 1 aromatic rings. The number of carbonyl (C=O) groups is 1. The molecule has 1 unspecified atom stereocenters. The number of carbonyl (C=O) groups excluding carboxylic acids is 1. The van der Waals surface area contributed by atoms with Crippen LogP contribution in [-0.4, -0.2) is 37.3 Å². The van der Waals surface area contributed by atoms with Gasteiger partial charge < -0.3 is 20.5 Å². The highest BCUT2D eigenvalue weighted by Gasteiger charge is 2.27. The van der Waals surface area contributed by atoms with Crippen molar-refractivity contribution in [2.24, 2.45) is 11.7 Å². The Labute approximate surface area is 112 Å². The Morgan fingerprint density at radius 2 is 2.32 bits per heavy atom. The van der Waals surface area contributed by atoms with E-state index < -0.39 is 6.04 Å². The molecule has 0 aliphatic carbocycles. The highest BCUT2D eigenvalue weighted by Crippen LogP contribution is 2.23. The first-order valence-corrected chi connectivity index (χ1v) is 6.34. The van der Waals surface area contributed by atoms with Crippen LogP contribution < -0.4 is 15.8 Å². The number of methoxy groups -OCH3 is 1. The van der Waals surface area contributed by atoms with Crippen molar-refractivity contribution >= 4 is 11.6 Å². The molecule has 0 radical (unpaired) electrons. The second kappa shape index (κ2) is 6.49. The van der Waals surface area contributed by atoms with E-state index in [0.29, 0.717) is 24.7 Å². The van der Waals surface area contributed by atoms with Crippen LogP contribution in [0.15, 0.2) is 18.5 Å². The fourth-order valence-electron chi connectivity index (χ4n) is 2.16. The molecule has 1 amide bonds. The van der Waals surface area contributed by atoms with Crippen molar-refractivity contribution in [2.45, 2.75) is 18.9 Å². The maximum Gasteiger partial charge on any atom is 0.241 e. The van der Waals surface area contributed by atoms with Gasteiger partial charge in [0, 0.05) is 25.5 Å². The predicted octanol–water partition coefficient (Wildman–Crippen LogP) is 0.783. The summed E-state index contributed by atoms with van der Waals surface area (Å²) < 4.78 is 10.4. The minimum atomic E-state index is -0.534. The number of rotatable bonds is 4. The Balaban J connectivity index is 1.99. The Hall–Kier alpha value is -1.66. The Morgan fingerprint density at radius 1 is 1.58 bits per heavy atom. The number of pyridine rings is 1. The van der Waals surface area contributed by atoms with E-state index in [4.69, 9.17) is 15.2 Å². The number of aromatic nitrogens is 1. The lowest BCUT2D eigenvalue weighted by atomic mass is 9.92. The molecule has 1 saturated heterocycles. The molecule has 1 aliphatic rings. The van der Waals surface area contributed by atoms with E-state index >= 15 is 0 Å². The van der Waals surface area contributed by atoms with Crippen molar-refractivity contribution in [2.75, 3.05) is 25.6 Å². The van der Waals surface area contributed by atoms with Crippen LogP contribution in [0.2, 0.25) is 0 Å². The number of hydrogen-bond acceptors (Lipinski definition) is 5. The maximum atomic E-state index is 12.1. The largest absolute Gasteiger partial charge is 0.494 e. The Kier molecular flexibility index (Phi) is 4.70. The van der Waals surface area contributed by atoms with E-state index in [2.05, 4.69) is 10.3 Å². The van der Waals surface area contributed by atoms with Gasteiger partial charge in [-0.2, -0.15) is 0 Å². The fourth-order valence-corrected chi connectivity index (χ4v) is 2.16. The molecule has 2 heterocycles. The van der Waals surface area contributed by atoms with Gasteiger partial charge in [-0.3, -0.25) is 9.78 Å². The van der Waals surface area contributed by atoms with Gasteiger partial charge in [-0.25, -0.2) is 0 Å². The van der Waals surface area contributed by atoms with Gasteiger partial charge >= 0.3 is 0 Å². The number of nitrogens with one attached hydrogen (secondary N) is 1. The molecule has 1 aliphatic heterocycles. The number of ether oxygens (including phenoxy) is 2. The highest BCUT2D eigenvalue weighted by molar-refractivity contribution is 5.95. The number of nitrogens with two attached hydrogens (primary N) is 1. The van der Waals surface area contributed by atoms with Crippen LogP contribution in [0.4, 0.5) is 5.69 Å². The van der Waals surface area contributed by atoms with E-state index in [-0.39, 0.29) is 11.8 Å². The summed E-state index contributed by atoms with van der Waals surface area (Å²) in [5.74, 6) is 0.525. The van der Waals surface area contributed by atoms with E-state index in [9.17, 15) is 4.79 Å². The van der Waals surface area contributed by atoms with E-state index in [0.717, 1.165) is 12.8 Å². The standard InChI is InChI=1S/C13H19N3O3/c1-18-11-2-5-15-8-10(11)16-13(17)12(14)9-3-6-19-7-4-9/h2,5,8-9,12H,3-4,6-7,14H2,1H3,(H,16,17). The number of amides is 1. The molecular formula is C13H19N3O3. The van der Waals surface area contributed by atoms with Gasteiger partial charge in [-0.1, -0.05) is 0 Å². The second-order valence-electron chi connectivity index (χ2n) is 4.54. The van der Waals surface area contributed by atoms with Crippen molar-refractivity contribution in [1.29, 1.82) is 0 Å². The summed E-state index contributed by atoms with van der Waals surface area (Å²) in [6.07, 6.45) is 4.79. The summed E-state index contributed by atoms with van der Waals surface area (Å²) >= 11 is 0. The van der Waals surface area contributed by atoms with Crippen molar-refractivity contribution in [3.05, 3.63) is 18.5 Å². The number of anilines is 1. The van der Waals surface area contributed by atoms with Crippen LogP contribution in [-0.2, 0) is 9.53 Å². The third-order valence-electron chi connectivity index (χ3n) is 3.34. The lowest BCUT2D eigenvalue weighted by Gasteiger charge is -2.26. The lowest BCUT2D eigenvalue weighted by molar-refractivity contribution is -0.119. The SMILES string of the molecule is COc1ccncc1NC(=O)C(N)C1CCOCC1. The van der Waals surface area contributed by atoms with Gasteiger partial charge in [-0.05, 0) is 18.8 Å². The smallest absolute Gasteiger partial charge is 0.241 e. The van der Waals surface area contributed by atoms with Crippen LogP contribution in [0.1, 0.15) is 12.8 Å². The monoisotopic (exact) mass is 265 g/mol. The average molecular weight is 265 g/mol. The molecule has 1 atom stereocenters. The first kappa shape index (κ1) is 13.8. The molecule has 19 heavy (non-hydrogen) atoms. The van der Waals surface area contributed by atoms with E-state index in [1.807, 2.05) is 0 Å². The molecule has 0 saturated carbocycles. The van der Waals surface area contributed by atoms with Crippen LogP contribution >= 0.6 is 0 Å². The van der Waals surface area contributed by atoms with E-state index in [1.54, 1.807) is 25.6 Å². The Bertz CT molecular complexity index is 433. The maximum absolute atomic E-state index is 12.1. The zero-order valence-corrected chi connectivity index (χ0v) is 11.0. The second-order valence-corrected chi connectivity index (χ2v) is 4.54. The summed E-state index contributed by atoms with van der Waals surface area (Å²) in [5.41, 5.74) is 6.54. The van der Waals surface area contributed by atoms with Crippen LogP contribution in [0.25, 0.3) is 0 Å². The summed E-state index contributed by atoms with van der Waals surface area (Å²) in [5, 5.41) is 2.77. The average Bonchev–Trinajstić information content (AvgIpc) is 2.48. The molecule has 0 spiro atoms. The molecule has 6 nitrogen and oxygen atoms in total. The number of hydrogen-bond donors (Lipinski definition) is 2. The summed E-state index contributed by atoms with van der Waals surface area (Å²) in [6, 6.07) is 1.16. The number of nitrogens with zero attached hydrogens (tertiary/aromatic N) is 1. The third kappa shape index (κ3) is 3.42. The predicted molar refractivity (Wildman–Crippen MR) is 70.9 cm³/mol. The van der Waals surface area contributed by atoms with Crippen molar-refractivity contribution in [1.82, 2.24) is 4.98 Å². The quantitative estimate of drug-likeness (QED) is 0.840. The molecular weight excluding hydrogens is 246 g/mol. The van der Waals surface area contributed by atoms with Crippen molar-refractivity contribution in [3.8, 4) is 5.75 Å². The van der Waals surface area contributed by atoms with Gasteiger partial charge in [0.25, 0.3) is 0 Å². The molecule has 6 heteroatoms. The topological polar surface area (TPSA) is 86.5 Å². The van der Waals surface area contributed by atoms with Gasteiger partial charge in [0.2, 0.25) is 5.91 Å². The van der Waals surface area contributed by atoms with Crippen molar-refractivity contribution < 1.29 is 14.3 Å². The highest BCUT2D eigenvalue weighted by atomic mass is 16.5. The van der Waals surface area contributed by atoms with Gasteiger partial charge in [0.05, 0.1) is 19.3 Å². The van der Waals surface area contributed by atoms with Crippen molar-refractivity contribution in [3.63, 3.8) is 0 Å². The van der Waals surface area contributed by atoms with Gasteiger partial charge in [0.15, 0.2) is 0 Å². The zero-order chi connectivity index (χ0) is 13.7. The van der Waals surface area contributed by atoms with Gasteiger partial charge in [-0.15, -0.1) is 0 Å².